The van der Waals surface area contributed by atoms with Gasteiger partial charge in [0.2, 0.25) is 65.2 Å². The summed E-state index contributed by atoms with van der Waals surface area (Å²) in [6.45, 7) is 6.79. The Hall–Kier alpha value is -12.0. The third-order valence-corrected chi connectivity index (χ3v) is 22.2. The van der Waals surface area contributed by atoms with E-state index in [4.69, 9.17) is 63.1 Å². The molecule has 11 bridgehead atoms. The van der Waals surface area contributed by atoms with Crippen molar-refractivity contribution in [3.05, 3.63) is 183 Å². The van der Waals surface area contributed by atoms with Crippen LogP contribution in [0, 0.1) is 12.8 Å². The molecule has 0 aliphatic carbocycles. The van der Waals surface area contributed by atoms with Gasteiger partial charge >= 0.3 is 0 Å². The number of carbonyl (C=O) groups excluding carboxylic acids is 9. The van der Waals surface area contributed by atoms with Gasteiger partial charge in [0.05, 0.1) is 59.3 Å². The highest BCUT2D eigenvalue weighted by Gasteiger charge is 2.52. The summed E-state index contributed by atoms with van der Waals surface area (Å²) in [5, 5.41) is 130. The molecule has 7 aromatic carbocycles. The number of aliphatic hydroxyl groups is 6. The van der Waals surface area contributed by atoms with Crippen molar-refractivity contribution in [3.8, 4) is 57.1 Å². The summed E-state index contributed by atoms with van der Waals surface area (Å²) in [6.07, 6.45) is -17.0. The van der Waals surface area contributed by atoms with Crippen LogP contribution in [-0.4, -0.2) is 198 Å². The molecule has 0 aromatic heterocycles. The number of halogens is 2. The number of hydrazine groups is 2. The number of hydrogen-bond donors (Lipinski definition) is 22. The van der Waals surface area contributed by atoms with Crippen molar-refractivity contribution in [2.24, 2.45) is 17.4 Å². The van der Waals surface area contributed by atoms with Crippen LogP contribution < -0.4 is 89.5 Å². The number of aryl methyl sites for hydroxylation is 1. The van der Waals surface area contributed by atoms with Gasteiger partial charge in [0.15, 0.2) is 23.9 Å². The highest BCUT2D eigenvalue weighted by Crippen LogP contribution is 2.50. The summed E-state index contributed by atoms with van der Waals surface area (Å²) in [7, 11) is 1.47. The Morgan fingerprint density at radius 2 is 1.33 bits per heavy atom. The van der Waals surface area contributed by atoms with Crippen molar-refractivity contribution < 1.29 is 118 Å². The number of primary amides is 1. The lowest BCUT2D eigenvalue weighted by molar-refractivity contribution is -0.333. The predicted octanol–water partition coefficient (Wildman–Crippen LogP) is 1.91. The van der Waals surface area contributed by atoms with Gasteiger partial charge in [-0.1, -0.05) is 85.1 Å². The van der Waals surface area contributed by atoms with E-state index in [2.05, 4.69) is 58.8 Å². The third-order valence-electron chi connectivity index (χ3n) is 21.6. The van der Waals surface area contributed by atoms with Crippen molar-refractivity contribution in [3.63, 3.8) is 0 Å². The van der Waals surface area contributed by atoms with Gasteiger partial charge in [-0.3, -0.25) is 48.2 Å². The van der Waals surface area contributed by atoms with Crippen LogP contribution in [0.3, 0.4) is 0 Å². The van der Waals surface area contributed by atoms with E-state index in [9.17, 15) is 60.3 Å². The number of aromatic hydroxyl groups is 3. The number of carbonyl (C=O) groups is 9. The fourth-order valence-corrected chi connectivity index (χ4v) is 15.5. The minimum absolute atomic E-state index is 0.113. The first-order chi connectivity index (χ1) is 58.4. The molecule has 0 spiro atoms. The quantitative estimate of drug-likeness (QED) is 0.0583. The summed E-state index contributed by atoms with van der Waals surface area (Å²) in [5.41, 5.74) is 17.9. The van der Waals surface area contributed by atoms with E-state index in [0.717, 1.165) is 78.0 Å². The van der Waals surface area contributed by atoms with E-state index in [1.807, 2.05) is 51.2 Å². The van der Waals surface area contributed by atoms with E-state index in [1.165, 1.54) is 33.0 Å². The number of rotatable bonds is 18. The van der Waals surface area contributed by atoms with E-state index >= 15 is 28.8 Å². The van der Waals surface area contributed by atoms with Crippen molar-refractivity contribution in [2.75, 3.05) is 30.5 Å². The van der Waals surface area contributed by atoms with Crippen molar-refractivity contribution in [1.82, 2.24) is 53.5 Å². The number of nitrogens with two attached hydrogens (primary N) is 2. The lowest BCUT2D eigenvalue weighted by atomic mass is 9.86. The van der Waals surface area contributed by atoms with Gasteiger partial charge in [0, 0.05) is 46.6 Å². The van der Waals surface area contributed by atoms with Gasteiger partial charge in [-0.15, -0.1) is 5.53 Å². The number of amides is 9. The van der Waals surface area contributed by atoms with Gasteiger partial charge in [-0.25, -0.2) is 0 Å². The van der Waals surface area contributed by atoms with E-state index < -0.39 is 250 Å². The molecule has 2 fully saturated rings. The summed E-state index contributed by atoms with van der Waals surface area (Å²) in [4.78, 5) is 135. The smallest absolute Gasteiger partial charge is 0.248 e. The monoisotopic (exact) mass is 1740 g/mol. The molecule has 8 aliphatic heterocycles. The number of aliphatic hydroxyl groups excluding tert-OH is 6. The second-order valence-corrected chi connectivity index (χ2v) is 32.0. The third kappa shape index (κ3) is 19.6. The molecule has 2 saturated heterocycles. The summed E-state index contributed by atoms with van der Waals surface area (Å²) < 4.78 is 38.7. The number of fused-ring (bicyclic) bond motifs is 15. The second-order valence-electron chi connectivity index (χ2n) is 31.2. The molecule has 15 rings (SSSR count). The molecule has 3 unspecified atom stereocenters. The maximum atomic E-state index is 16.3. The number of nitrogens with one attached hydrogen (secondary N) is 11. The highest BCUT2D eigenvalue weighted by atomic mass is 35.5. The fraction of sp³-hybridized carbons (Fsp3) is 0.361. The molecular formula is C83H92Cl2N14O24. The molecule has 7 aromatic rings. The van der Waals surface area contributed by atoms with Crippen LogP contribution in [0.25, 0.3) is 16.8 Å². The Morgan fingerprint density at radius 1 is 0.699 bits per heavy atom. The zero-order valence-corrected chi connectivity index (χ0v) is 68.1. The SMILES string of the molecule is CN[C@H](CC(C)C)C(=O)N[C@H]1C(=O)N[C@@H](CC(N)=O)C(=O)NC2C(=O)N[C@H]3C(=O)N[C@H](C(=O)NC(C(=O)NCC(=O)Nc4ccc(C5=CN(c6ccc(C)cc6)NN5)cc4)c4cc(O)cc(O)c4-c4cc3ccc4O)[C@H](O)c3ccc(c(Cl)c3)Oc3cc2cc(c3O[C@@H]2O[C@H](CO)[C@@H](O)[C@H](O)[C@H]2OC2C[C@](C)(N)[C@H](O)[C@H](C)O2)Oc2ccc(cc2Cl)[C@H]1O. The second kappa shape index (κ2) is 37.0. The average Bonchev–Trinajstić information content (AvgIpc) is 1.04. The van der Waals surface area contributed by atoms with Gasteiger partial charge in [0.1, 0.15) is 95.5 Å². The van der Waals surface area contributed by atoms with Crippen LogP contribution in [-0.2, 0) is 57.4 Å². The van der Waals surface area contributed by atoms with Gasteiger partial charge < -0.3 is 139 Å². The minimum atomic E-state index is -2.38. The molecule has 9 amide bonds. The first kappa shape index (κ1) is 88.8. The molecule has 0 saturated carbocycles. The summed E-state index contributed by atoms with van der Waals surface area (Å²) >= 11 is 14.3. The number of anilines is 2. The minimum Gasteiger partial charge on any atom is -0.508 e. The molecule has 40 heteroatoms. The van der Waals surface area contributed by atoms with Crippen LogP contribution in [0.5, 0.6) is 46.0 Å². The van der Waals surface area contributed by atoms with Crippen LogP contribution in [0.4, 0.5) is 11.4 Å². The molecule has 0 radical (unpaired) electrons. The van der Waals surface area contributed by atoms with Crippen molar-refractivity contribution in [2.45, 2.75) is 163 Å². The van der Waals surface area contributed by atoms with E-state index in [-0.39, 0.29) is 51.9 Å². The molecular weight excluding hydrogens is 1650 g/mol. The zero-order chi connectivity index (χ0) is 88.5. The van der Waals surface area contributed by atoms with Gasteiger partial charge in [0.25, 0.3) is 0 Å². The van der Waals surface area contributed by atoms with Gasteiger partial charge in [-0.2, -0.15) is 0 Å². The Kier molecular flexibility index (Phi) is 26.7. The normalized spacial score (nSPS) is 26.7. The lowest BCUT2D eigenvalue weighted by Gasteiger charge is -2.47. The fourth-order valence-electron chi connectivity index (χ4n) is 15.0. The number of ether oxygens (including phenoxy) is 6. The van der Waals surface area contributed by atoms with Crippen LogP contribution in [0.2, 0.25) is 10.0 Å². The zero-order valence-electron chi connectivity index (χ0n) is 66.6. The lowest BCUT2D eigenvalue weighted by Crippen LogP contribution is -2.64. The molecule has 18 atom stereocenters. The molecule has 8 heterocycles. The number of hydrogen-bond acceptors (Lipinski definition) is 29. The van der Waals surface area contributed by atoms with Gasteiger partial charge in [-0.05, 0) is 147 Å². The number of likely N-dealkylation sites (N-methyl/N-ethyl adjacent to an activating group) is 1. The maximum absolute atomic E-state index is 16.3. The first-order valence-corrected chi connectivity index (χ1v) is 39.7. The molecule has 38 nitrogen and oxygen atoms in total. The molecule has 652 valence electrons. The topological polar surface area (TPSA) is 579 Å². The van der Waals surface area contributed by atoms with Crippen LogP contribution in [0.1, 0.15) is 116 Å². The number of nitrogens with zero attached hydrogens (tertiary/aromatic N) is 1. The Morgan fingerprint density at radius 3 is 1.96 bits per heavy atom. The number of benzene rings is 7. The number of phenols is 3. The van der Waals surface area contributed by atoms with Crippen molar-refractivity contribution in [1.29, 1.82) is 0 Å². The predicted molar refractivity (Wildman–Crippen MR) is 438 cm³/mol. The summed E-state index contributed by atoms with van der Waals surface area (Å²) in [6, 6.07) is 13.8. The largest absolute Gasteiger partial charge is 0.508 e. The molecule has 8 aliphatic rings. The first-order valence-electron chi connectivity index (χ1n) is 38.9. The molecule has 123 heavy (non-hydrogen) atoms. The highest BCUT2D eigenvalue weighted by molar-refractivity contribution is 6.32. The van der Waals surface area contributed by atoms with Crippen molar-refractivity contribution >= 4 is 93.4 Å². The van der Waals surface area contributed by atoms with E-state index in [1.54, 1.807) is 29.3 Å². The Balaban J connectivity index is 0.946. The maximum Gasteiger partial charge on any atom is 0.248 e. The summed E-state index contributed by atoms with van der Waals surface area (Å²) in [5.74, 6) is -16.3. The Labute approximate surface area is 711 Å². The average molecular weight is 1740 g/mol. The van der Waals surface area contributed by atoms with E-state index in [0.29, 0.717) is 11.3 Å². The van der Waals surface area contributed by atoms with Crippen LogP contribution >= 0.6 is 23.2 Å². The Bertz CT molecular complexity index is 5280. The molecule has 24 N–H and O–H groups in total. The number of phenolic OH excluding ortho intramolecular Hbond substituents is 3. The van der Waals surface area contributed by atoms with Crippen LogP contribution in [0.15, 0.2) is 134 Å². The standard InChI is InChI=1S/C83H92Cl2N14O24/c1-34(2)21-49(88-6)75(111)95-66-68(106)39-12-19-54(47(84)23-39)119-56-25-41-26-57(72(56)123-82-73(71(109)70(108)58(33-100)121-82)122-61-30-83(5,87)74(110)36(4)118-61)120-55-20-13-40(24-48(55)85)69(107)67-81(117)94-65(77(113)89-31-60(105)90-42-14-9-37(10-15-42)51-32-99(98-97-51)43-16-7-35(3)8-17-43)46-27-44(101)28-53(103)62(46)45-22-38(11-18-52(45)102)63(78(114)96-67)93-79(115)64(41)92-76(112)50(29-59(86)104)91-80(66)116/h7-20,22-28,32,34,36,49-50,58,61,63-71,73-74,82,88,97-98,100-103,106-110H,21,29-31,33,87H2,1-6H3,(H2,86,104)(H,89,113)(H,90,105)(H,91,116)(H,92,112)(H,93,115)(H,94,117)(H,95,111)(H,96,114)/t36-,49+,50-,58+,61?,63+,64?,65?,66+,67-,68+,69+,70+,71-,73+,74+,82-,83-/m0/s1.